The van der Waals surface area contributed by atoms with Crippen molar-refractivity contribution in [2.75, 3.05) is 6.26 Å². The molecule has 1 aliphatic carbocycles. The number of benzene rings is 1. The number of thioether (sulfide) groups is 1. The third-order valence-corrected chi connectivity index (χ3v) is 7.74. The van der Waals surface area contributed by atoms with Gasteiger partial charge >= 0.3 is 0 Å². The number of hydrogen-bond acceptors (Lipinski definition) is 4. The summed E-state index contributed by atoms with van der Waals surface area (Å²) in [6, 6.07) is 5.69. The molecule has 1 fully saturated rings. The van der Waals surface area contributed by atoms with Crippen LogP contribution in [0.1, 0.15) is 58.4 Å². The summed E-state index contributed by atoms with van der Waals surface area (Å²) in [5.41, 5.74) is 1.60. The largest absolute Gasteiger partial charge is 0.365 e. The maximum Gasteiger partial charge on any atom is 0.189 e. The molecule has 0 spiro atoms. The van der Waals surface area contributed by atoms with Crippen LogP contribution in [-0.4, -0.2) is 26.1 Å². The second-order valence-corrected chi connectivity index (χ2v) is 8.85. The zero-order chi connectivity index (χ0) is 20.5. The molecule has 1 saturated carbocycles. The standard InChI is InChI=1S/C21H27Cl2N3OS/c1-5-15(14-8-9-17(22)18(23)12-14)16-10-11-20(6-2,7-3)21(16,27)26-19(28-4)24-13-25-26/h8-9,12-13,27H,5-7,10-11H2,1-4H3. The lowest BCUT2D eigenvalue weighted by atomic mass is 9.73. The molecule has 1 aliphatic rings. The second kappa shape index (κ2) is 8.39. The van der Waals surface area contributed by atoms with Crippen molar-refractivity contribution < 1.29 is 5.11 Å². The van der Waals surface area contributed by atoms with Crippen LogP contribution in [0.25, 0.3) is 5.57 Å². The van der Waals surface area contributed by atoms with E-state index in [4.69, 9.17) is 23.2 Å². The first-order chi connectivity index (χ1) is 13.4. The van der Waals surface area contributed by atoms with E-state index in [1.54, 1.807) is 4.68 Å². The summed E-state index contributed by atoms with van der Waals surface area (Å²) in [7, 11) is 0. The van der Waals surface area contributed by atoms with E-state index < -0.39 is 5.72 Å². The molecule has 1 atom stereocenters. The molecule has 0 aliphatic heterocycles. The summed E-state index contributed by atoms with van der Waals surface area (Å²) in [5, 5.41) is 18.6. The lowest BCUT2D eigenvalue weighted by Crippen LogP contribution is -2.48. The predicted octanol–water partition coefficient (Wildman–Crippen LogP) is 6.42. The molecule has 28 heavy (non-hydrogen) atoms. The van der Waals surface area contributed by atoms with Crippen LogP contribution >= 0.6 is 35.0 Å². The molecule has 152 valence electrons. The molecule has 0 radical (unpaired) electrons. The highest BCUT2D eigenvalue weighted by Crippen LogP contribution is 2.59. The molecule has 0 bridgehead atoms. The third-order valence-electron chi connectivity index (χ3n) is 6.36. The first-order valence-electron chi connectivity index (χ1n) is 9.73. The van der Waals surface area contributed by atoms with Gasteiger partial charge in [-0.2, -0.15) is 5.10 Å². The summed E-state index contributed by atoms with van der Waals surface area (Å²) < 4.78 is 1.74. The number of aliphatic hydroxyl groups is 1. The minimum absolute atomic E-state index is 0.294. The number of rotatable bonds is 6. The van der Waals surface area contributed by atoms with Crippen molar-refractivity contribution in [1.82, 2.24) is 14.8 Å². The molecule has 7 heteroatoms. The van der Waals surface area contributed by atoms with Gasteiger partial charge in [-0.3, -0.25) is 0 Å². The van der Waals surface area contributed by atoms with Crippen LogP contribution < -0.4 is 0 Å². The average Bonchev–Trinajstić information content (AvgIpc) is 3.29. The van der Waals surface area contributed by atoms with Gasteiger partial charge in [0.1, 0.15) is 6.33 Å². The molecular weight excluding hydrogens is 413 g/mol. The van der Waals surface area contributed by atoms with Crippen LogP contribution in [0.4, 0.5) is 0 Å². The lowest BCUT2D eigenvalue weighted by Gasteiger charge is -2.43. The van der Waals surface area contributed by atoms with Gasteiger partial charge in [0, 0.05) is 5.41 Å². The van der Waals surface area contributed by atoms with E-state index in [0.717, 1.165) is 54.0 Å². The zero-order valence-corrected chi connectivity index (χ0v) is 19.1. The van der Waals surface area contributed by atoms with Crippen molar-refractivity contribution in [3.8, 4) is 0 Å². The summed E-state index contributed by atoms with van der Waals surface area (Å²) in [4.78, 5) is 4.37. The van der Waals surface area contributed by atoms with Crippen LogP contribution in [0.3, 0.4) is 0 Å². The van der Waals surface area contributed by atoms with Crippen molar-refractivity contribution in [2.24, 2.45) is 5.41 Å². The number of nitrogens with zero attached hydrogens (tertiary/aromatic N) is 3. The monoisotopic (exact) mass is 439 g/mol. The fourth-order valence-corrected chi connectivity index (χ4v) is 5.51. The number of aromatic nitrogens is 3. The molecule has 4 nitrogen and oxygen atoms in total. The smallest absolute Gasteiger partial charge is 0.189 e. The minimum atomic E-state index is -1.22. The summed E-state index contributed by atoms with van der Waals surface area (Å²) >= 11 is 13.9. The average molecular weight is 440 g/mol. The predicted molar refractivity (Wildman–Crippen MR) is 118 cm³/mol. The SMILES string of the molecule is CCC(=C1CCC(CC)(CC)C1(O)n1ncnc1SC)c1ccc(Cl)c(Cl)c1. The number of hydrogen-bond donors (Lipinski definition) is 1. The molecule has 0 saturated heterocycles. The lowest BCUT2D eigenvalue weighted by molar-refractivity contribution is -0.120. The van der Waals surface area contributed by atoms with Crippen LogP contribution in [0.5, 0.6) is 0 Å². The minimum Gasteiger partial charge on any atom is -0.365 e. The maximum atomic E-state index is 12.4. The van der Waals surface area contributed by atoms with Gasteiger partial charge in [0.2, 0.25) is 0 Å². The molecule has 1 unspecified atom stereocenters. The van der Waals surface area contributed by atoms with Crippen molar-refractivity contribution >= 4 is 40.5 Å². The van der Waals surface area contributed by atoms with Gasteiger partial charge in [0.15, 0.2) is 10.9 Å². The van der Waals surface area contributed by atoms with E-state index in [-0.39, 0.29) is 5.41 Å². The van der Waals surface area contributed by atoms with Crippen LogP contribution in [0, 0.1) is 5.41 Å². The highest BCUT2D eigenvalue weighted by molar-refractivity contribution is 7.98. The van der Waals surface area contributed by atoms with Crippen molar-refractivity contribution in [3.63, 3.8) is 0 Å². The topological polar surface area (TPSA) is 50.9 Å². The van der Waals surface area contributed by atoms with Gasteiger partial charge in [0.05, 0.1) is 10.0 Å². The normalized spacial score (nSPS) is 23.2. The first kappa shape index (κ1) is 21.7. The molecule has 1 heterocycles. The van der Waals surface area contributed by atoms with Crippen molar-refractivity contribution in [1.29, 1.82) is 0 Å². The zero-order valence-electron chi connectivity index (χ0n) is 16.8. The highest BCUT2D eigenvalue weighted by atomic mass is 35.5. The van der Waals surface area contributed by atoms with Gasteiger partial charge < -0.3 is 5.11 Å². The maximum absolute atomic E-state index is 12.4. The number of allylic oxidation sites excluding steroid dienone is 1. The summed E-state index contributed by atoms with van der Waals surface area (Å²) in [6.07, 6.45) is 7.70. The molecule has 3 rings (SSSR count). The van der Waals surface area contributed by atoms with E-state index in [2.05, 4.69) is 30.9 Å². The Hall–Kier alpha value is -1.01. The van der Waals surface area contributed by atoms with E-state index in [0.29, 0.717) is 10.0 Å². The molecular formula is C21H27Cl2N3OS. The highest BCUT2D eigenvalue weighted by Gasteiger charge is 2.58. The van der Waals surface area contributed by atoms with Crippen LogP contribution in [-0.2, 0) is 5.72 Å². The fraction of sp³-hybridized carbons (Fsp3) is 0.524. The molecule has 2 aromatic rings. The molecule has 0 amide bonds. The molecule has 1 aromatic heterocycles. The van der Waals surface area contributed by atoms with Gasteiger partial charge in [-0.1, -0.05) is 61.8 Å². The third kappa shape index (κ3) is 3.20. The Labute approximate surface area is 181 Å². The number of halogens is 2. The van der Waals surface area contributed by atoms with Gasteiger partial charge in [0.25, 0.3) is 0 Å². The first-order valence-corrected chi connectivity index (χ1v) is 11.7. The molecule has 1 aromatic carbocycles. The van der Waals surface area contributed by atoms with Crippen molar-refractivity contribution in [3.05, 3.63) is 45.7 Å². The van der Waals surface area contributed by atoms with Crippen molar-refractivity contribution in [2.45, 2.75) is 63.8 Å². The Morgan fingerprint density at radius 1 is 1.21 bits per heavy atom. The van der Waals surface area contributed by atoms with E-state index >= 15 is 0 Å². The Morgan fingerprint density at radius 3 is 2.50 bits per heavy atom. The van der Waals surface area contributed by atoms with Crippen LogP contribution in [0.15, 0.2) is 35.3 Å². The quantitative estimate of drug-likeness (QED) is 0.527. The van der Waals surface area contributed by atoms with Gasteiger partial charge in [-0.25, -0.2) is 9.67 Å². The summed E-state index contributed by atoms with van der Waals surface area (Å²) in [5.74, 6) is 0. The fourth-order valence-electron chi connectivity index (χ4n) is 4.71. The van der Waals surface area contributed by atoms with E-state index in [1.807, 2.05) is 24.5 Å². The van der Waals surface area contributed by atoms with Gasteiger partial charge in [-0.15, -0.1) is 0 Å². The molecule has 1 N–H and O–H groups in total. The summed E-state index contributed by atoms with van der Waals surface area (Å²) in [6.45, 7) is 6.41. The van der Waals surface area contributed by atoms with Gasteiger partial charge in [-0.05, 0) is 67.2 Å². The Morgan fingerprint density at radius 2 is 1.93 bits per heavy atom. The Bertz CT molecular complexity index is 892. The Kier molecular flexibility index (Phi) is 6.50. The van der Waals surface area contributed by atoms with E-state index in [9.17, 15) is 5.11 Å². The van der Waals surface area contributed by atoms with Crippen LogP contribution in [0.2, 0.25) is 10.0 Å². The Balaban J connectivity index is 2.31. The van der Waals surface area contributed by atoms with E-state index in [1.165, 1.54) is 18.1 Å². The second-order valence-electron chi connectivity index (χ2n) is 7.26.